The maximum atomic E-state index is 13.8. The molecule has 0 aliphatic carbocycles. The van der Waals surface area contributed by atoms with E-state index >= 15 is 0 Å². The number of likely N-dealkylation sites (tertiary alicyclic amines) is 1. The van der Waals surface area contributed by atoms with Crippen LogP contribution >= 0.6 is 0 Å². The van der Waals surface area contributed by atoms with Crippen LogP contribution in [0.2, 0.25) is 0 Å². The Kier molecular flexibility index (Phi) is 3.23. The van der Waals surface area contributed by atoms with Gasteiger partial charge in [0.2, 0.25) is 5.89 Å². The third-order valence-corrected chi connectivity index (χ3v) is 4.65. The topological polar surface area (TPSA) is 91.5 Å². The lowest BCUT2D eigenvalue weighted by molar-refractivity contribution is -0.164. The molecule has 1 aromatic heterocycles. The highest BCUT2D eigenvalue weighted by atomic mass is 19.1. The minimum atomic E-state index is -1.30. The average Bonchev–Trinajstić information content (AvgIpc) is 2.99. The molecule has 7 nitrogen and oxygen atoms in total. The molecule has 4 rings (SSSR count). The van der Waals surface area contributed by atoms with Gasteiger partial charge in [0.15, 0.2) is 5.60 Å². The summed E-state index contributed by atoms with van der Waals surface area (Å²) in [4.78, 5) is 13.8. The van der Waals surface area contributed by atoms with Crippen molar-refractivity contribution in [2.45, 2.75) is 17.9 Å². The number of rotatable bonds is 3. The molecule has 0 radical (unpaired) electrons. The van der Waals surface area contributed by atoms with Gasteiger partial charge in [-0.1, -0.05) is 12.1 Å². The van der Waals surface area contributed by atoms with E-state index < -0.39 is 16.8 Å². The summed E-state index contributed by atoms with van der Waals surface area (Å²) in [7, 11) is 0. The lowest BCUT2D eigenvalue weighted by atomic mass is 9.80. The van der Waals surface area contributed by atoms with Crippen molar-refractivity contribution < 1.29 is 18.7 Å². The summed E-state index contributed by atoms with van der Waals surface area (Å²) in [5, 5.41) is 20.9. The molecule has 3 heterocycles. The smallest absolute Gasteiger partial charge is 0.257 e. The summed E-state index contributed by atoms with van der Waals surface area (Å²) in [6, 6.07) is 6.19. The van der Waals surface area contributed by atoms with Gasteiger partial charge in [-0.05, 0) is 19.1 Å². The second-order valence-corrected chi connectivity index (χ2v) is 6.75. The van der Waals surface area contributed by atoms with Crippen molar-refractivity contribution >= 4 is 5.91 Å². The van der Waals surface area contributed by atoms with Gasteiger partial charge in [0.05, 0.1) is 11.0 Å². The Morgan fingerprint density at radius 1 is 1.33 bits per heavy atom. The maximum absolute atomic E-state index is 13.8. The molecule has 126 valence electrons. The number of benzene rings is 1. The molecule has 0 bridgehead atoms. The zero-order valence-corrected chi connectivity index (χ0v) is 13.1. The number of hydrogen-bond acceptors (Lipinski definition) is 6. The van der Waals surface area contributed by atoms with Crippen LogP contribution in [0.1, 0.15) is 12.8 Å². The number of nitrogens with one attached hydrogen (secondary N) is 1. The molecule has 2 aliphatic rings. The van der Waals surface area contributed by atoms with Crippen LogP contribution in [0.3, 0.4) is 0 Å². The molecule has 0 atom stereocenters. The Morgan fingerprint density at radius 2 is 2.04 bits per heavy atom. The first-order chi connectivity index (χ1) is 11.4. The van der Waals surface area contributed by atoms with Crippen LogP contribution in [0.15, 0.2) is 28.7 Å². The van der Waals surface area contributed by atoms with Crippen molar-refractivity contribution in [3.05, 3.63) is 36.0 Å². The highest BCUT2D eigenvalue weighted by Gasteiger charge is 2.53. The summed E-state index contributed by atoms with van der Waals surface area (Å²) in [6.45, 7) is 3.21. The highest BCUT2D eigenvalue weighted by Crippen LogP contribution is 2.36. The van der Waals surface area contributed by atoms with Crippen LogP contribution in [0.5, 0.6) is 0 Å². The zero-order valence-electron chi connectivity index (χ0n) is 13.1. The number of halogens is 1. The van der Waals surface area contributed by atoms with E-state index in [0.717, 1.165) is 0 Å². The first kappa shape index (κ1) is 15.2. The molecule has 0 saturated carbocycles. The van der Waals surface area contributed by atoms with E-state index in [0.29, 0.717) is 19.0 Å². The van der Waals surface area contributed by atoms with Crippen molar-refractivity contribution in [3.8, 4) is 11.5 Å². The van der Waals surface area contributed by atoms with Gasteiger partial charge in [-0.25, -0.2) is 4.39 Å². The van der Waals surface area contributed by atoms with Gasteiger partial charge < -0.3 is 19.7 Å². The van der Waals surface area contributed by atoms with Crippen LogP contribution < -0.4 is 5.32 Å². The number of hydrogen-bond donors (Lipinski definition) is 2. The van der Waals surface area contributed by atoms with Gasteiger partial charge in [0.1, 0.15) is 5.82 Å². The molecule has 8 heteroatoms. The molecular weight excluding hydrogens is 315 g/mol. The number of carbonyl (C=O) groups is 1. The Balaban J connectivity index is 1.50. The quantitative estimate of drug-likeness (QED) is 0.841. The number of aliphatic hydroxyl groups is 1. The minimum Gasteiger partial charge on any atom is -0.420 e. The van der Waals surface area contributed by atoms with E-state index in [-0.39, 0.29) is 30.5 Å². The summed E-state index contributed by atoms with van der Waals surface area (Å²) in [5.74, 6) is -0.227. The summed E-state index contributed by atoms with van der Waals surface area (Å²) in [6.07, 6.45) is 0. The van der Waals surface area contributed by atoms with Gasteiger partial charge in [0, 0.05) is 26.2 Å². The fourth-order valence-corrected chi connectivity index (χ4v) is 3.09. The van der Waals surface area contributed by atoms with Gasteiger partial charge in [-0.2, -0.15) is 0 Å². The van der Waals surface area contributed by atoms with E-state index in [1.54, 1.807) is 23.1 Å². The first-order valence-electron chi connectivity index (χ1n) is 7.73. The van der Waals surface area contributed by atoms with Crippen LogP contribution in [-0.4, -0.2) is 57.9 Å². The maximum Gasteiger partial charge on any atom is 0.257 e. The zero-order chi connectivity index (χ0) is 16.9. The van der Waals surface area contributed by atoms with Crippen LogP contribution in [-0.2, 0) is 10.2 Å². The normalized spacial score (nSPS) is 21.0. The second-order valence-electron chi connectivity index (χ2n) is 6.75. The standard InChI is InChI=1S/C16H17FN4O3/c1-15(8-21(9-15)14(22)16(23)6-18-7-16)13-20-19-12(24-13)10-4-2-3-5-11(10)17/h2-5,18,23H,6-9H2,1H3. The van der Waals surface area contributed by atoms with Crippen LogP contribution in [0, 0.1) is 5.82 Å². The molecule has 1 aromatic carbocycles. The third-order valence-electron chi connectivity index (χ3n) is 4.65. The lowest BCUT2D eigenvalue weighted by Crippen LogP contribution is -2.72. The number of carbonyl (C=O) groups excluding carboxylic acids is 1. The number of β-amino-alcohol motifs (C(OH)–C–C–N with tert-alkyl or cyclic N) is 1. The molecule has 1 amide bonds. The molecular formula is C16H17FN4O3. The Bertz CT molecular complexity index is 796. The third kappa shape index (κ3) is 2.22. The Hall–Kier alpha value is -2.32. The highest BCUT2D eigenvalue weighted by molar-refractivity contribution is 5.87. The predicted molar refractivity (Wildman–Crippen MR) is 81.4 cm³/mol. The Morgan fingerprint density at radius 3 is 2.67 bits per heavy atom. The summed E-state index contributed by atoms with van der Waals surface area (Å²) >= 11 is 0. The lowest BCUT2D eigenvalue weighted by Gasteiger charge is -2.50. The number of aromatic nitrogens is 2. The van der Waals surface area contributed by atoms with Gasteiger partial charge >= 0.3 is 0 Å². The van der Waals surface area contributed by atoms with Crippen LogP contribution in [0.4, 0.5) is 4.39 Å². The minimum absolute atomic E-state index is 0.121. The summed E-state index contributed by atoms with van der Waals surface area (Å²) in [5.41, 5.74) is -1.53. The fourth-order valence-electron chi connectivity index (χ4n) is 3.09. The fraction of sp³-hybridized carbons (Fsp3) is 0.438. The first-order valence-corrected chi connectivity index (χ1v) is 7.73. The average molecular weight is 332 g/mol. The van der Waals surface area contributed by atoms with Gasteiger partial charge in [-0.15, -0.1) is 10.2 Å². The van der Waals surface area contributed by atoms with E-state index in [2.05, 4.69) is 15.5 Å². The molecule has 2 saturated heterocycles. The molecule has 24 heavy (non-hydrogen) atoms. The Labute approximate surface area is 137 Å². The second kappa shape index (κ2) is 5.09. The van der Waals surface area contributed by atoms with Crippen molar-refractivity contribution in [3.63, 3.8) is 0 Å². The SMILES string of the molecule is CC1(c2nnc(-c3ccccc3F)o2)CN(C(=O)C2(O)CNC2)C1. The van der Waals surface area contributed by atoms with Gasteiger partial charge in [-0.3, -0.25) is 4.79 Å². The van der Waals surface area contributed by atoms with Gasteiger partial charge in [0.25, 0.3) is 11.8 Å². The van der Waals surface area contributed by atoms with Crippen molar-refractivity contribution in [2.24, 2.45) is 0 Å². The monoisotopic (exact) mass is 332 g/mol. The molecule has 2 aliphatic heterocycles. The van der Waals surface area contributed by atoms with Crippen molar-refractivity contribution in [2.75, 3.05) is 26.2 Å². The van der Waals surface area contributed by atoms with E-state index in [1.807, 2.05) is 6.92 Å². The number of amides is 1. The summed E-state index contributed by atoms with van der Waals surface area (Å²) < 4.78 is 19.4. The predicted octanol–water partition coefficient (Wildman–Crippen LogP) is 0.310. The van der Waals surface area contributed by atoms with E-state index in [1.165, 1.54) is 6.07 Å². The molecule has 2 fully saturated rings. The molecule has 2 N–H and O–H groups in total. The van der Waals surface area contributed by atoms with Crippen LogP contribution in [0.25, 0.3) is 11.5 Å². The largest absolute Gasteiger partial charge is 0.420 e. The van der Waals surface area contributed by atoms with Crippen molar-refractivity contribution in [1.82, 2.24) is 20.4 Å². The molecule has 0 unspecified atom stereocenters. The number of nitrogens with zero attached hydrogens (tertiary/aromatic N) is 3. The molecule has 0 spiro atoms. The van der Waals surface area contributed by atoms with Crippen molar-refractivity contribution in [1.29, 1.82) is 0 Å². The molecule has 2 aromatic rings. The van der Waals surface area contributed by atoms with E-state index in [9.17, 15) is 14.3 Å². The van der Waals surface area contributed by atoms with E-state index in [4.69, 9.17) is 4.42 Å².